The van der Waals surface area contributed by atoms with Crippen molar-refractivity contribution >= 4 is 59.1 Å². The average Bonchev–Trinajstić information content (AvgIpc) is 3.26. The molecule has 0 spiro atoms. The molecule has 2 aromatic rings. The van der Waals surface area contributed by atoms with Crippen molar-refractivity contribution in [2.75, 3.05) is 5.75 Å². The third-order valence-electron chi connectivity index (χ3n) is 5.58. The number of carboxylic acid groups (broad SMARTS) is 2. The molecule has 4 atom stereocenters. The summed E-state index contributed by atoms with van der Waals surface area (Å²) in [5, 5.41) is 26.0. The Kier molecular flexibility index (Phi) is 11.1. The van der Waals surface area contributed by atoms with Gasteiger partial charge in [-0.15, -0.1) is 0 Å². The topological polar surface area (TPSA) is 247 Å². The number of nitrogens with one attached hydrogen (secondary N) is 4. The normalized spacial score (nSPS) is 14.1. The molecule has 0 aliphatic carbocycles. The van der Waals surface area contributed by atoms with Crippen molar-refractivity contribution in [2.45, 2.75) is 49.9 Å². The van der Waals surface area contributed by atoms with Gasteiger partial charge in [-0.05, 0) is 18.1 Å². The first-order valence-corrected chi connectivity index (χ1v) is 12.1. The molecule has 1 aromatic heterocycles. The molecule has 0 saturated carbocycles. The van der Waals surface area contributed by atoms with E-state index in [2.05, 4.69) is 33.6 Å². The molecule has 0 saturated heterocycles. The van der Waals surface area contributed by atoms with E-state index in [0.717, 1.165) is 10.9 Å². The summed E-state index contributed by atoms with van der Waals surface area (Å²) in [6.45, 7) is 0. The zero-order valence-electron chi connectivity index (χ0n) is 20.2. The van der Waals surface area contributed by atoms with Gasteiger partial charge in [-0.3, -0.25) is 24.0 Å². The molecule has 15 heteroatoms. The highest BCUT2D eigenvalue weighted by molar-refractivity contribution is 7.80. The fraction of sp³-hybridized carbons (Fsp3) is 0.391. The Balaban J connectivity index is 2.29. The van der Waals surface area contributed by atoms with E-state index in [9.17, 15) is 33.9 Å². The molecule has 4 amide bonds. The van der Waals surface area contributed by atoms with Gasteiger partial charge in [0.15, 0.2) is 0 Å². The summed E-state index contributed by atoms with van der Waals surface area (Å²) in [5.74, 6) is -6.52. The Morgan fingerprint density at radius 1 is 0.921 bits per heavy atom. The van der Waals surface area contributed by atoms with E-state index in [1.807, 2.05) is 0 Å². The summed E-state index contributed by atoms with van der Waals surface area (Å²) in [4.78, 5) is 75.3. The van der Waals surface area contributed by atoms with Crippen LogP contribution in [0.2, 0.25) is 0 Å². The maximum absolute atomic E-state index is 13.3. The number of primary amides is 1. The lowest BCUT2D eigenvalue weighted by Crippen LogP contribution is -2.58. The highest BCUT2D eigenvalue weighted by Gasteiger charge is 2.32. The number of hydrogen-bond acceptors (Lipinski definition) is 8. The lowest BCUT2D eigenvalue weighted by atomic mass is 10.0. The number of amides is 4. The van der Waals surface area contributed by atoms with Crippen molar-refractivity contribution < 1.29 is 39.0 Å². The van der Waals surface area contributed by atoms with Crippen LogP contribution in [0.25, 0.3) is 10.9 Å². The summed E-state index contributed by atoms with van der Waals surface area (Å²) >= 11 is 3.85. The molecule has 4 unspecified atom stereocenters. The Hall–Kier alpha value is -4.11. The van der Waals surface area contributed by atoms with Crippen molar-refractivity contribution in [3.63, 3.8) is 0 Å². The Labute approximate surface area is 222 Å². The van der Waals surface area contributed by atoms with Crippen LogP contribution < -0.4 is 27.4 Å². The van der Waals surface area contributed by atoms with Crippen LogP contribution in [0, 0.1) is 0 Å². The SMILES string of the molecule is NC(=O)CCC(N)C(=O)NC(Cc1c[nH]c2ccccc12)C(=O)NC(CC(=O)O)C(=O)NC(CS)C(=O)O. The number of para-hydroxylation sites is 1. The summed E-state index contributed by atoms with van der Waals surface area (Å²) in [6, 6.07) is 1.60. The zero-order valence-corrected chi connectivity index (χ0v) is 21.1. The largest absolute Gasteiger partial charge is 0.481 e. The van der Waals surface area contributed by atoms with Gasteiger partial charge in [-0.2, -0.15) is 12.6 Å². The number of hydrogen-bond donors (Lipinski definition) is 9. The number of H-pyrrole nitrogens is 1. The van der Waals surface area contributed by atoms with Gasteiger partial charge in [-0.25, -0.2) is 4.79 Å². The Morgan fingerprint density at radius 2 is 1.53 bits per heavy atom. The number of rotatable bonds is 15. The molecule has 206 valence electrons. The molecule has 2 rings (SSSR count). The van der Waals surface area contributed by atoms with Crippen molar-refractivity contribution in [1.82, 2.24) is 20.9 Å². The van der Waals surface area contributed by atoms with Gasteiger partial charge in [0.2, 0.25) is 23.6 Å². The fourth-order valence-electron chi connectivity index (χ4n) is 3.55. The highest BCUT2D eigenvalue weighted by Crippen LogP contribution is 2.19. The minimum atomic E-state index is -1.66. The van der Waals surface area contributed by atoms with Crippen LogP contribution in [0.1, 0.15) is 24.8 Å². The number of benzene rings is 1. The molecular formula is C23H30N6O8S. The van der Waals surface area contributed by atoms with Crippen molar-refractivity contribution in [3.8, 4) is 0 Å². The van der Waals surface area contributed by atoms with E-state index in [1.54, 1.807) is 30.5 Å². The van der Waals surface area contributed by atoms with Crippen LogP contribution in [0.4, 0.5) is 0 Å². The summed E-state index contributed by atoms with van der Waals surface area (Å²) in [6.07, 6.45) is 0.468. The van der Waals surface area contributed by atoms with Gasteiger partial charge in [0.05, 0.1) is 12.5 Å². The van der Waals surface area contributed by atoms with E-state index in [-0.39, 0.29) is 25.0 Å². The lowest BCUT2D eigenvalue weighted by molar-refractivity contribution is -0.143. The van der Waals surface area contributed by atoms with Crippen LogP contribution in [-0.2, 0) is 35.2 Å². The highest BCUT2D eigenvalue weighted by atomic mass is 32.1. The fourth-order valence-corrected chi connectivity index (χ4v) is 3.80. The summed E-state index contributed by atoms with van der Waals surface area (Å²) in [7, 11) is 0. The van der Waals surface area contributed by atoms with Gasteiger partial charge >= 0.3 is 11.9 Å². The average molecular weight is 551 g/mol. The predicted octanol–water partition coefficient (Wildman–Crippen LogP) is -1.75. The number of carbonyl (C=O) groups excluding carboxylic acids is 4. The number of aromatic nitrogens is 1. The van der Waals surface area contributed by atoms with Crippen LogP contribution in [-0.4, -0.2) is 80.7 Å². The first-order valence-electron chi connectivity index (χ1n) is 11.5. The van der Waals surface area contributed by atoms with E-state index < -0.39 is 66.2 Å². The number of thiol groups is 1. The van der Waals surface area contributed by atoms with Gasteiger partial charge in [0.1, 0.15) is 18.1 Å². The minimum Gasteiger partial charge on any atom is -0.481 e. The monoisotopic (exact) mass is 550 g/mol. The second-order valence-corrected chi connectivity index (χ2v) is 8.84. The third-order valence-corrected chi connectivity index (χ3v) is 5.94. The standard InChI is InChI=1S/C23H30N6O8S/c24-13(5-6-18(25)30)20(33)27-15(7-11-9-26-14-4-2-1-3-12(11)14)21(34)28-16(8-19(31)32)22(35)29-17(10-38)23(36)37/h1-4,9,13,15-17,26,38H,5-8,10,24H2,(H2,25,30)(H,27,33)(H,28,34)(H,29,35)(H,31,32)(H,36,37). The van der Waals surface area contributed by atoms with E-state index >= 15 is 0 Å². The van der Waals surface area contributed by atoms with Gasteiger partial charge < -0.3 is 42.6 Å². The van der Waals surface area contributed by atoms with Crippen LogP contribution in [0.3, 0.4) is 0 Å². The first kappa shape index (κ1) is 30.1. The Morgan fingerprint density at radius 3 is 2.13 bits per heavy atom. The summed E-state index contributed by atoms with van der Waals surface area (Å²) in [5.41, 5.74) is 12.3. The molecule has 1 heterocycles. The molecule has 0 bridgehead atoms. The lowest BCUT2D eigenvalue weighted by Gasteiger charge is -2.24. The van der Waals surface area contributed by atoms with E-state index in [1.165, 1.54) is 0 Å². The second kappa shape index (κ2) is 14.0. The van der Waals surface area contributed by atoms with E-state index in [4.69, 9.17) is 16.6 Å². The number of fused-ring (bicyclic) bond motifs is 1. The second-order valence-electron chi connectivity index (χ2n) is 8.48. The van der Waals surface area contributed by atoms with Gasteiger partial charge in [-0.1, -0.05) is 18.2 Å². The molecular weight excluding hydrogens is 520 g/mol. The van der Waals surface area contributed by atoms with Gasteiger partial charge in [0, 0.05) is 35.7 Å². The smallest absolute Gasteiger partial charge is 0.327 e. The van der Waals surface area contributed by atoms with Crippen molar-refractivity contribution in [2.24, 2.45) is 11.5 Å². The Bertz CT molecular complexity index is 1200. The zero-order chi connectivity index (χ0) is 28.4. The van der Waals surface area contributed by atoms with Crippen LogP contribution >= 0.6 is 12.6 Å². The molecule has 38 heavy (non-hydrogen) atoms. The van der Waals surface area contributed by atoms with Crippen molar-refractivity contribution in [1.29, 1.82) is 0 Å². The van der Waals surface area contributed by atoms with Crippen LogP contribution in [0.15, 0.2) is 30.5 Å². The third kappa shape index (κ3) is 8.77. The van der Waals surface area contributed by atoms with Crippen molar-refractivity contribution in [3.05, 3.63) is 36.0 Å². The maximum Gasteiger partial charge on any atom is 0.327 e. The predicted molar refractivity (Wildman–Crippen MR) is 138 cm³/mol. The molecule has 0 fully saturated rings. The number of aromatic amines is 1. The summed E-state index contributed by atoms with van der Waals surface area (Å²) < 4.78 is 0. The number of carboxylic acids is 2. The minimum absolute atomic E-state index is 0.0695. The van der Waals surface area contributed by atoms with E-state index in [0.29, 0.717) is 5.56 Å². The molecule has 10 N–H and O–H groups in total. The first-order chi connectivity index (χ1) is 17.9. The maximum atomic E-state index is 13.3. The number of nitrogens with two attached hydrogens (primary N) is 2. The molecule has 14 nitrogen and oxygen atoms in total. The van der Waals surface area contributed by atoms with Crippen LogP contribution in [0.5, 0.6) is 0 Å². The molecule has 1 aromatic carbocycles. The number of carbonyl (C=O) groups is 6. The number of aliphatic carboxylic acids is 2. The van der Waals surface area contributed by atoms with Gasteiger partial charge in [0.25, 0.3) is 0 Å². The molecule has 0 radical (unpaired) electrons. The molecule has 0 aliphatic rings. The molecule has 0 aliphatic heterocycles. The quantitative estimate of drug-likeness (QED) is 0.114.